The summed E-state index contributed by atoms with van der Waals surface area (Å²) < 4.78 is 10.6. The lowest BCUT2D eigenvalue weighted by molar-refractivity contribution is 0.354. The Kier molecular flexibility index (Phi) is 8.43. The van der Waals surface area contributed by atoms with E-state index in [1.807, 2.05) is 30.3 Å². The number of aromatic amines is 1. The van der Waals surface area contributed by atoms with E-state index in [1.165, 1.54) is 10.9 Å². The molecule has 0 fully saturated rings. The summed E-state index contributed by atoms with van der Waals surface area (Å²) in [6.07, 6.45) is 0.855. The Labute approximate surface area is 182 Å². The summed E-state index contributed by atoms with van der Waals surface area (Å²) in [4.78, 5) is 7.69. The van der Waals surface area contributed by atoms with Gasteiger partial charge in [-0.25, -0.2) is 0 Å². The number of hydrogen-bond donors (Lipinski definition) is 3. The van der Waals surface area contributed by atoms with Crippen molar-refractivity contribution in [3.8, 4) is 11.5 Å². The van der Waals surface area contributed by atoms with E-state index in [0.717, 1.165) is 41.6 Å². The molecule has 0 bridgehead atoms. The summed E-state index contributed by atoms with van der Waals surface area (Å²) in [5.74, 6) is 2.26. The van der Waals surface area contributed by atoms with Crippen molar-refractivity contribution in [3.63, 3.8) is 0 Å². The maximum atomic E-state index is 5.35. The molecular weight excluding hydrogens is 467 g/mol. The molecule has 0 atom stereocenters. The van der Waals surface area contributed by atoms with Gasteiger partial charge in [-0.1, -0.05) is 24.3 Å². The number of nitrogens with one attached hydrogen (secondary N) is 3. The molecule has 7 heteroatoms. The van der Waals surface area contributed by atoms with E-state index in [9.17, 15) is 0 Å². The fourth-order valence-corrected chi connectivity index (χ4v) is 2.99. The predicted molar refractivity (Wildman–Crippen MR) is 125 cm³/mol. The molecule has 0 amide bonds. The Balaban J connectivity index is 0.00000280. The number of H-pyrrole nitrogens is 1. The van der Waals surface area contributed by atoms with Crippen LogP contribution in [0.3, 0.4) is 0 Å². The average molecular weight is 494 g/mol. The van der Waals surface area contributed by atoms with Crippen molar-refractivity contribution >= 4 is 40.8 Å². The monoisotopic (exact) mass is 494 g/mol. The van der Waals surface area contributed by atoms with E-state index in [0.29, 0.717) is 6.54 Å². The van der Waals surface area contributed by atoms with Gasteiger partial charge in [0.15, 0.2) is 17.5 Å². The zero-order chi connectivity index (χ0) is 19.1. The number of guanidine groups is 1. The Morgan fingerprint density at radius 1 is 1.00 bits per heavy atom. The molecule has 2 aromatic carbocycles. The highest BCUT2D eigenvalue weighted by atomic mass is 127. The van der Waals surface area contributed by atoms with E-state index in [1.54, 1.807) is 21.3 Å². The molecule has 3 aromatic rings. The fourth-order valence-electron chi connectivity index (χ4n) is 2.99. The first kappa shape index (κ1) is 21.9. The molecule has 3 N–H and O–H groups in total. The van der Waals surface area contributed by atoms with Gasteiger partial charge in [0.1, 0.15) is 0 Å². The summed E-state index contributed by atoms with van der Waals surface area (Å²) in [5, 5.41) is 7.89. The predicted octanol–water partition coefficient (Wildman–Crippen LogP) is 3.71. The minimum Gasteiger partial charge on any atom is -0.493 e. The maximum absolute atomic E-state index is 5.35. The van der Waals surface area contributed by atoms with Crippen molar-refractivity contribution in [1.29, 1.82) is 0 Å². The van der Waals surface area contributed by atoms with Crippen LogP contribution in [-0.4, -0.2) is 38.8 Å². The van der Waals surface area contributed by atoms with E-state index in [4.69, 9.17) is 9.47 Å². The second-order valence-electron chi connectivity index (χ2n) is 6.17. The number of rotatable bonds is 7. The second-order valence-corrected chi connectivity index (χ2v) is 6.17. The van der Waals surface area contributed by atoms with Crippen LogP contribution < -0.4 is 20.1 Å². The van der Waals surface area contributed by atoms with Gasteiger partial charge in [0.05, 0.1) is 20.8 Å². The third-order valence-corrected chi connectivity index (χ3v) is 4.41. The smallest absolute Gasteiger partial charge is 0.191 e. The minimum absolute atomic E-state index is 0. The first-order valence-electron chi connectivity index (χ1n) is 8.95. The summed E-state index contributed by atoms with van der Waals surface area (Å²) >= 11 is 0. The molecule has 0 radical (unpaired) electrons. The highest BCUT2D eigenvalue weighted by molar-refractivity contribution is 14.0. The normalized spacial score (nSPS) is 11.0. The van der Waals surface area contributed by atoms with Gasteiger partial charge in [-0.15, -0.1) is 24.0 Å². The van der Waals surface area contributed by atoms with Crippen LogP contribution in [0, 0.1) is 0 Å². The summed E-state index contributed by atoms with van der Waals surface area (Å²) in [5.41, 5.74) is 3.44. The van der Waals surface area contributed by atoms with Gasteiger partial charge in [0.2, 0.25) is 0 Å². The van der Waals surface area contributed by atoms with Gasteiger partial charge in [0, 0.05) is 24.8 Å². The largest absolute Gasteiger partial charge is 0.493 e. The summed E-state index contributed by atoms with van der Waals surface area (Å²) in [7, 11) is 5.06. The molecule has 0 aliphatic carbocycles. The fraction of sp³-hybridized carbons (Fsp3) is 0.286. The van der Waals surface area contributed by atoms with Crippen LogP contribution in [0.5, 0.6) is 11.5 Å². The quantitative estimate of drug-likeness (QED) is 0.266. The molecule has 0 unspecified atom stereocenters. The maximum Gasteiger partial charge on any atom is 0.191 e. The summed E-state index contributed by atoms with van der Waals surface area (Å²) in [6.45, 7) is 1.45. The molecule has 1 heterocycles. The van der Waals surface area contributed by atoms with Crippen LogP contribution in [0.1, 0.15) is 11.3 Å². The molecule has 28 heavy (non-hydrogen) atoms. The van der Waals surface area contributed by atoms with Crippen LogP contribution in [0.2, 0.25) is 0 Å². The number of hydrogen-bond acceptors (Lipinski definition) is 3. The molecule has 150 valence electrons. The van der Waals surface area contributed by atoms with Gasteiger partial charge in [-0.2, -0.15) is 0 Å². The zero-order valence-electron chi connectivity index (χ0n) is 16.4. The Morgan fingerprint density at radius 3 is 2.50 bits per heavy atom. The molecule has 0 spiro atoms. The lowest BCUT2D eigenvalue weighted by Crippen LogP contribution is -2.37. The van der Waals surface area contributed by atoms with Crippen LogP contribution in [-0.2, 0) is 13.0 Å². The minimum atomic E-state index is 0. The van der Waals surface area contributed by atoms with Crippen LogP contribution in [0.25, 0.3) is 10.9 Å². The number of para-hydroxylation sites is 1. The molecule has 1 aromatic heterocycles. The van der Waals surface area contributed by atoms with Crippen LogP contribution in [0.15, 0.2) is 53.5 Å². The van der Waals surface area contributed by atoms with Gasteiger partial charge in [0.25, 0.3) is 0 Å². The number of aliphatic imine (C=N–C) groups is 1. The highest BCUT2D eigenvalue weighted by Gasteiger charge is 2.05. The number of halogens is 1. The lowest BCUT2D eigenvalue weighted by Gasteiger charge is -2.12. The van der Waals surface area contributed by atoms with Crippen molar-refractivity contribution in [2.75, 3.05) is 27.8 Å². The van der Waals surface area contributed by atoms with Crippen molar-refractivity contribution in [2.24, 2.45) is 4.99 Å². The zero-order valence-corrected chi connectivity index (χ0v) is 18.7. The van der Waals surface area contributed by atoms with Crippen molar-refractivity contribution < 1.29 is 9.47 Å². The van der Waals surface area contributed by atoms with Crippen LogP contribution in [0.4, 0.5) is 0 Å². The van der Waals surface area contributed by atoms with E-state index in [2.05, 4.69) is 38.8 Å². The first-order valence-corrected chi connectivity index (χ1v) is 8.95. The van der Waals surface area contributed by atoms with E-state index in [-0.39, 0.29) is 24.0 Å². The van der Waals surface area contributed by atoms with Gasteiger partial charge >= 0.3 is 0 Å². The average Bonchev–Trinajstić information content (AvgIpc) is 3.13. The highest BCUT2D eigenvalue weighted by Crippen LogP contribution is 2.27. The van der Waals surface area contributed by atoms with Crippen molar-refractivity contribution in [1.82, 2.24) is 15.6 Å². The number of fused-ring (bicyclic) bond motifs is 1. The second kappa shape index (κ2) is 10.8. The third kappa shape index (κ3) is 5.54. The SMILES string of the molecule is CN=C(NCCc1ccc(OC)c(OC)c1)NCc1cc2ccccc2[nH]1.I. The number of aromatic nitrogens is 1. The lowest BCUT2D eigenvalue weighted by atomic mass is 10.1. The third-order valence-electron chi connectivity index (χ3n) is 4.41. The molecular formula is C21H27IN4O2. The number of methoxy groups -OCH3 is 2. The van der Waals surface area contributed by atoms with Gasteiger partial charge in [-0.05, 0) is 41.6 Å². The molecule has 0 saturated carbocycles. The summed E-state index contributed by atoms with van der Waals surface area (Å²) in [6, 6.07) is 16.4. The van der Waals surface area contributed by atoms with Gasteiger partial charge in [-0.3, -0.25) is 4.99 Å². The Hall–Kier alpha value is -2.42. The van der Waals surface area contributed by atoms with Crippen molar-refractivity contribution in [3.05, 3.63) is 59.8 Å². The van der Waals surface area contributed by atoms with E-state index >= 15 is 0 Å². The Morgan fingerprint density at radius 2 is 1.79 bits per heavy atom. The number of nitrogens with zero attached hydrogens (tertiary/aromatic N) is 1. The number of benzene rings is 2. The molecule has 3 rings (SSSR count). The van der Waals surface area contributed by atoms with Crippen molar-refractivity contribution in [2.45, 2.75) is 13.0 Å². The number of ether oxygens (including phenoxy) is 2. The van der Waals surface area contributed by atoms with Gasteiger partial charge < -0.3 is 25.1 Å². The Bertz CT molecular complexity index is 891. The molecule has 0 aliphatic heterocycles. The first-order chi connectivity index (χ1) is 13.2. The topological polar surface area (TPSA) is 70.7 Å². The molecule has 6 nitrogen and oxygen atoms in total. The molecule has 0 aliphatic rings. The standard InChI is InChI=1S/C21H26N4O2.HI/c1-22-21(24-14-17-13-16-6-4-5-7-18(16)25-17)23-11-10-15-8-9-19(26-2)20(12-15)27-3;/h4-9,12-13,25H,10-11,14H2,1-3H3,(H2,22,23,24);1H. The van der Waals surface area contributed by atoms with Crippen LogP contribution >= 0.6 is 24.0 Å². The molecule has 0 saturated heterocycles. The van der Waals surface area contributed by atoms with E-state index < -0.39 is 0 Å².